The monoisotopic (exact) mass is 238 g/mol. The third-order valence-corrected chi connectivity index (χ3v) is 4.46. The van der Waals surface area contributed by atoms with Gasteiger partial charge in [0.05, 0.1) is 0 Å². The second-order valence-corrected chi connectivity index (χ2v) is 5.14. The quantitative estimate of drug-likeness (QED) is 0.653. The highest BCUT2D eigenvalue weighted by Gasteiger charge is 2.40. The number of nitrogens with one attached hydrogen (secondary N) is 1. The first-order valence-electron chi connectivity index (χ1n) is 7.34. The summed E-state index contributed by atoms with van der Waals surface area (Å²) < 4.78 is 0. The lowest BCUT2D eigenvalue weighted by Gasteiger charge is -2.47. The number of likely N-dealkylation sites (tertiary alicyclic amines) is 1. The fourth-order valence-electron chi connectivity index (χ4n) is 3.48. The van der Waals surface area contributed by atoms with Crippen LogP contribution in [0.1, 0.15) is 52.9 Å². The van der Waals surface area contributed by atoms with Gasteiger partial charge >= 0.3 is 0 Å². The number of hydrogen-bond donors (Lipinski definition) is 1. The van der Waals surface area contributed by atoms with Gasteiger partial charge in [-0.3, -0.25) is 4.90 Å². The Bertz CT molecular complexity index is 215. The van der Waals surface area contributed by atoms with Crippen LogP contribution >= 0.6 is 0 Å². The van der Waals surface area contributed by atoms with Gasteiger partial charge in [-0.2, -0.15) is 0 Å². The van der Waals surface area contributed by atoms with Crippen LogP contribution in [-0.4, -0.2) is 36.1 Å². The molecule has 1 N–H and O–H groups in total. The first kappa shape index (κ1) is 14.7. The Balaban J connectivity index is 2.87. The molecule has 100 valence electrons. The maximum atomic E-state index is 3.93. The fraction of sp³-hybridized carbons (Fsp3) is 0.867. The van der Waals surface area contributed by atoms with E-state index in [-0.39, 0.29) is 0 Å². The molecule has 0 aromatic heterocycles. The molecule has 1 fully saturated rings. The minimum Gasteiger partial charge on any atom is -0.312 e. The van der Waals surface area contributed by atoms with Crippen LogP contribution in [0.3, 0.4) is 0 Å². The van der Waals surface area contributed by atoms with E-state index in [1.54, 1.807) is 0 Å². The van der Waals surface area contributed by atoms with Crippen LogP contribution in [0.5, 0.6) is 0 Å². The first-order chi connectivity index (χ1) is 8.25. The number of rotatable bonds is 8. The van der Waals surface area contributed by atoms with Crippen LogP contribution in [-0.2, 0) is 0 Å². The summed E-state index contributed by atoms with van der Waals surface area (Å²) >= 11 is 0. The maximum Gasteiger partial charge on any atom is 0.0360 e. The van der Waals surface area contributed by atoms with Gasteiger partial charge in [0.2, 0.25) is 0 Å². The SMILES string of the molecule is C=CCC(NCC)C(CC)(CC)N1CCCC1. The van der Waals surface area contributed by atoms with Crippen molar-refractivity contribution in [1.29, 1.82) is 0 Å². The smallest absolute Gasteiger partial charge is 0.0360 e. The molecule has 0 aromatic rings. The summed E-state index contributed by atoms with van der Waals surface area (Å²) in [6.45, 7) is 14.4. The number of hydrogen-bond acceptors (Lipinski definition) is 2. The molecule has 0 aliphatic carbocycles. The normalized spacial score (nSPS) is 19.5. The molecule has 0 spiro atoms. The average molecular weight is 238 g/mol. The van der Waals surface area contributed by atoms with Crippen LogP contribution in [0.4, 0.5) is 0 Å². The Morgan fingerprint density at radius 1 is 1.24 bits per heavy atom. The zero-order valence-corrected chi connectivity index (χ0v) is 12.0. The Kier molecular flexibility index (Phi) is 6.21. The molecule has 1 saturated heterocycles. The average Bonchev–Trinajstić information content (AvgIpc) is 2.86. The van der Waals surface area contributed by atoms with Crippen molar-refractivity contribution < 1.29 is 0 Å². The summed E-state index contributed by atoms with van der Waals surface area (Å²) in [5.41, 5.74) is 0.334. The van der Waals surface area contributed by atoms with Crippen LogP contribution in [0.25, 0.3) is 0 Å². The minimum absolute atomic E-state index is 0.334. The maximum absolute atomic E-state index is 3.93. The van der Waals surface area contributed by atoms with E-state index >= 15 is 0 Å². The molecular formula is C15H30N2. The van der Waals surface area contributed by atoms with Gasteiger partial charge in [0.25, 0.3) is 0 Å². The highest BCUT2D eigenvalue weighted by molar-refractivity contribution is 5.02. The topological polar surface area (TPSA) is 15.3 Å². The molecule has 1 unspecified atom stereocenters. The highest BCUT2D eigenvalue weighted by Crippen LogP contribution is 2.33. The van der Waals surface area contributed by atoms with Crippen molar-refractivity contribution in [2.24, 2.45) is 0 Å². The second kappa shape index (κ2) is 7.17. The van der Waals surface area contributed by atoms with Gasteiger partial charge in [0.1, 0.15) is 0 Å². The Morgan fingerprint density at radius 2 is 1.82 bits per heavy atom. The van der Waals surface area contributed by atoms with E-state index in [1.165, 1.54) is 38.8 Å². The van der Waals surface area contributed by atoms with E-state index in [2.05, 4.69) is 43.6 Å². The van der Waals surface area contributed by atoms with E-state index in [4.69, 9.17) is 0 Å². The molecule has 1 rings (SSSR count). The van der Waals surface area contributed by atoms with Crippen molar-refractivity contribution in [3.8, 4) is 0 Å². The Labute approximate surface area is 107 Å². The van der Waals surface area contributed by atoms with Crippen molar-refractivity contribution in [2.75, 3.05) is 19.6 Å². The molecular weight excluding hydrogens is 208 g/mol. The van der Waals surface area contributed by atoms with Gasteiger partial charge in [-0.1, -0.05) is 26.8 Å². The largest absolute Gasteiger partial charge is 0.312 e. The van der Waals surface area contributed by atoms with Gasteiger partial charge in [-0.15, -0.1) is 6.58 Å². The Morgan fingerprint density at radius 3 is 2.24 bits per heavy atom. The van der Waals surface area contributed by atoms with Crippen LogP contribution in [0.2, 0.25) is 0 Å². The standard InChI is InChI=1S/C15H30N2/c1-5-11-14(16-8-4)15(6-2,7-3)17-12-9-10-13-17/h5,14,16H,1,6-13H2,2-4H3. The predicted molar refractivity (Wildman–Crippen MR) is 76.4 cm³/mol. The van der Waals surface area contributed by atoms with Crippen molar-refractivity contribution in [2.45, 2.75) is 64.5 Å². The second-order valence-electron chi connectivity index (χ2n) is 5.14. The van der Waals surface area contributed by atoms with Crippen LogP contribution in [0, 0.1) is 0 Å². The summed E-state index contributed by atoms with van der Waals surface area (Å²) in [7, 11) is 0. The molecule has 1 aliphatic rings. The van der Waals surface area contributed by atoms with Gasteiger partial charge < -0.3 is 5.32 Å². The summed E-state index contributed by atoms with van der Waals surface area (Å²) in [5, 5.41) is 3.69. The van der Waals surface area contributed by atoms with Gasteiger partial charge in [0.15, 0.2) is 0 Å². The summed E-state index contributed by atoms with van der Waals surface area (Å²) in [6.07, 6.45) is 8.35. The molecule has 1 atom stereocenters. The summed E-state index contributed by atoms with van der Waals surface area (Å²) in [6, 6.07) is 0.554. The van der Waals surface area contributed by atoms with E-state index in [1.807, 2.05) is 0 Å². The zero-order valence-electron chi connectivity index (χ0n) is 12.0. The van der Waals surface area contributed by atoms with E-state index < -0.39 is 0 Å². The fourth-order valence-corrected chi connectivity index (χ4v) is 3.48. The van der Waals surface area contributed by atoms with Crippen molar-refractivity contribution in [3.63, 3.8) is 0 Å². The Hall–Kier alpha value is -0.340. The number of nitrogens with zero attached hydrogens (tertiary/aromatic N) is 1. The predicted octanol–water partition coefficient (Wildman–Crippen LogP) is 3.20. The molecule has 0 saturated carbocycles. The molecule has 0 amide bonds. The summed E-state index contributed by atoms with van der Waals surface area (Å²) in [5.74, 6) is 0. The van der Waals surface area contributed by atoms with Gasteiger partial charge in [0, 0.05) is 11.6 Å². The number of likely N-dealkylation sites (N-methyl/N-ethyl adjacent to an activating group) is 1. The van der Waals surface area contributed by atoms with Gasteiger partial charge in [-0.05, 0) is 51.7 Å². The van der Waals surface area contributed by atoms with Crippen molar-refractivity contribution in [3.05, 3.63) is 12.7 Å². The minimum atomic E-state index is 0.334. The van der Waals surface area contributed by atoms with Crippen LogP contribution in [0.15, 0.2) is 12.7 Å². The van der Waals surface area contributed by atoms with Crippen LogP contribution < -0.4 is 5.32 Å². The molecule has 1 aliphatic heterocycles. The molecule has 2 nitrogen and oxygen atoms in total. The van der Waals surface area contributed by atoms with Gasteiger partial charge in [-0.25, -0.2) is 0 Å². The first-order valence-corrected chi connectivity index (χ1v) is 7.34. The zero-order chi connectivity index (χ0) is 12.7. The highest BCUT2D eigenvalue weighted by atomic mass is 15.2. The van der Waals surface area contributed by atoms with E-state index in [9.17, 15) is 0 Å². The summed E-state index contributed by atoms with van der Waals surface area (Å²) in [4.78, 5) is 2.73. The molecule has 0 radical (unpaired) electrons. The molecule has 17 heavy (non-hydrogen) atoms. The lowest BCUT2D eigenvalue weighted by molar-refractivity contribution is 0.0637. The molecule has 0 bridgehead atoms. The van der Waals surface area contributed by atoms with Crippen molar-refractivity contribution >= 4 is 0 Å². The molecule has 2 heteroatoms. The van der Waals surface area contributed by atoms with E-state index in [0.29, 0.717) is 11.6 Å². The third kappa shape index (κ3) is 3.11. The molecule has 1 heterocycles. The lowest BCUT2D eigenvalue weighted by Crippen LogP contribution is -2.59. The van der Waals surface area contributed by atoms with Crippen molar-refractivity contribution in [1.82, 2.24) is 10.2 Å². The van der Waals surface area contributed by atoms with E-state index in [0.717, 1.165) is 13.0 Å². The third-order valence-electron chi connectivity index (χ3n) is 4.46. The lowest BCUT2D eigenvalue weighted by atomic mass is 9.81. The molecule has 0 aromatic carbocycles.